The molecule has 1 aromatic heterocycles. The van der Waals surface area contributed by atoms with Crippen molar-refractivity contribution >= 4 is 40.7 Å². The molecule has 1 fully saturated rings. The number of nitrogens with one attached hydrogen (secondary N) is 1. The van der Waals surface area contributed by atoms with Crippen LogP contribution in [0.4, 0.5) is 0 Å². The van der Waals surface area contributed by atoms with E-state index in [0.29, 0.717) is 33.0 Å². The molecule has 1 aliphatic rings. The van der Waals surface area contributed by atoms with Crippen molar-refractivity contribution in [2.24, 2.45) is 0 Å². The molecule has 3 rings (SSSR count). The van der Waals surface area contributed by atoms with Crippen LogP contribution in [0, 0.1) is 6.92 Å². The van der Waals surface area contributed by atoms with Gasteiger partial charge in [-0.05, 0) is 37.5 Å². The number of benzene rings is 1. The number of aromatic nitrogens is 2. The van der Waals surface area contributed by atoms with Gasteiger partial charge in [0, 0.05) is 16.1 Å². The predicted octanol–water partition coefficient (Wildman–Crippen LogP) is 5.65. The molecule has 0 spiro atoms. The van der Waals surface area contributed by atoms with E-state index in [4.69, 9.17) is 34.8 Å². The number of nitrogens with zero attached hydrogens (tertiary/aromatic N) is 2. The molecule has 1 heterocycles. The maximum Gasteiger partial charge on any atom is 0.256 e. The fourth-order valence-electron chi connectivity index (χ4n) is 3.41. The summed E-state index contributed by atoms with van der Waals surface area (Å²) < 4.78 is 1.61. The van der Waals surface area contributed by atoms with Crippen molar-refractivity contribution in [3.05, 3.63) is 50.2 Å². The summed E-state index contributed by atoms with van der Waals surface area (Å²) in [6.07, 6.45) is 6.85. The fraction of sp³-hybridized carbons (Fsp3) is 0.474. The Kier molecular flexibility index (Phi) is 6.49. The van der Waals surface area contributed by atoms with E-state index in [-0.39, 0.29) is 11.9 Å². The van der Waals surface area contributed by atoms with Gasteiger partial charge in [0.25, 0.3) is 5.91 Å². The molecule has 1 saturated carbocycles. The molecule has 1 aliphatic carbocycles. The van der Waals surface area contributed by atoms with Crippen LogP contribution < -0.4 is 5.32 Å². The van der Waals surface area contributed by atoms with E-state index < -0.39 is 0 Å². The Balaban J connectivity index is 1.77. The highest BCUT2D eigenvalue weighted by Crippen LogP contribution is 2.26. The first kappa shape index (κ1) is 19.5. The lowest BCUT2D eigenvalue weighted by molar-refractivity contribution is 0.0933. The highest BCUT2D eigenvalue weighted by molar-refractivity contribution is 6.35. The molecule has 1 aromatic carbocycles. The molecule has 0 aliphatic heterocycles. The SMILES string of the molecule is Cc1nn(Cc2ccc(Cl)cc2Cl)c(Cl)c1C(=O)NC1CCCCCC1. The van der Waals surface area contributed by atoms with Crippen LogP contribution in [0.3, 0.4) is 0 Å². The van der Waals surface area contributed by atoms with Gasteiger partial charge < -0.3 is 5.32 Å². The first-order chi connectivity index (χ1) is 12.5. The van der Waals surface area contributed by atoms with Crippen LogP contribution in [0.5, 0.6) is 0 Å². The van der Waals surface area contributed by atoms with Gasteiger partial charge in [-0.1, -0.05) is 66.6 Å². The number of amides is 1. The van der Waals surface area contributed by atoms with Crippen molar-refractivity contribution in [2.75, 3.05) is 0 Å². The van der Waals surface area contributed by atoms with Gasteiger partial charge >= 0.3 is 0 Å². The van der Waals surface area contributed by atoms with Crippen molar-refractivity contribution < 1.29 is 4.79 Å². The summed E-state index contributed by atoms with van der Waals surface area (Å²) in [6.45, 7) is 2.18. The number of rotatable bonds is 4. The minimum atomic E-state index is -0.146. The molecule has 0 saturated heterocycles. The third-order valence-corrected chi connectivity index (χ3v) is 5.79. The van der Waals surface area contributed by atoms with E-state index in [9.17, 15) is 4.79 Å². The minimum absolute atomic E-state index is 0.146. The van der Waals surface area contributed by atoms with Crippen LogP contribution in [0.2, 0.25) is 15.2 Å². The molecule has 0 unspecified atom stereocenters. The molecule has 4 nitrogen and oxygen atoms in total. The number of halogens is 3. The normalized spacial score (nSPS) is 15.7. The zero-order valence-electron chi connectivity index (χ0n) is 14.7. The van der Waals surface area contributed by atoms with Gasteiger partial charge in [0.1, 0.15) is 5.15 Å². The third kappa shape index (κ3) is 4.54. The molecule has 2 aromatic rings. The summed E-state index contributed by atoms with van der Waals surface area (Å²) >= 11 is 18.7. The molecule has 26 heavy (non-hydrogen) atoms. The number of hydrogen-bond donors (Lipinski definition) is 1. The minimum Gasteiger partial charge on any atom is -0.349 e. The summed E-state index contributed by atoms with van der Waals surface area (Å²) in [5.74, 6) is -0.146. The highest BCUT2D eigenvalue weighted by Gasteiger charge is 2.23. The van der Waals surface area contributed by atoms with Crippen molar-refractivity contribution in [1.82, 2.24) is 15.1 Å². The largest absolute Gasteiger partial charge is 0.349 e. The molecule has 0 bridgehead atoms. The number of hydrogen-bond acceptors (Lipinski definition) is 2. The maximum atomic E-state index is 12.8. The van der Waals surface area contributed by atoms with Crippen LogP contribution in [0.1, 0.15) is 60.1 Å². The quantitative estimate of drug-likeness (QED) is 0.657. The molecule has 0 atom stereocenters. The summed E-state index contributed by atoms with van der Waals surface area (Å²) in [7, 11) is 0. The number of carbonyl (C=O) groups is 1. The topological polar surface area (TPSA) is 46.9 Å². The van der Waals surface area contributed by atoms with Crippen LogP contribution in [-0.4, -0.2) is 21.7 Å². The second-order valence-corrected chi connectivity index (χ2v) is 8.01. The Morgan fingerprint density at radius 1 is 1.19 bits per heavy atom. The maximum absolute atomic E-state index is 12.8. The van der Waals surface area contributed by atoms with Gasteiger partial charge in [0.05, 0.1) is 17.8 Å². The standard InChI is InChI=1S/C19H22Cl3N3O/c1-12-17(19(26)23-15-6-4-2-3-5-7-15)18(22)25(24-12)11-13-8-9-14(20)10-16(13)21/h8-10,15H,2-7,11H2,1H3,(H,23,26). The first-order valence-corrected chi connectivity index (χ1v) is 10.1. The molecule has 1 N–H and O–H groups in total. The van der Waals surface area contributed by atoms with Crippen molar-refractivity contribution in [3.8, 4) is 0 Å². The lowest BCUT2D eigenvalue weighted by atomic mass is 10.1. The highest BCUT2D eigenvalue weighted by atomic mass is 35.5. The smallest absolute Gasteiger partial charge is 0.256 e. The van der Waals surface area contributed by atoms with Crippen LogP contribution in [-0.2, 0) is 6.54 Å². The zero-order valence-corrected chi connectivity index (χ0v) is 17.0. The molecule has 0 radical (unpaired) electrons. The van der Waals surface area contributed by atoms with E-state index in [0.717, 1.165) is 31.2 Å². The summed E-state index contributed by atoms with van der Waals surface area (Å²) in [6, 6.07) is 5.51. The van der Waals surface area contributed by atoms with E-state index in [1.807, 2.05) is 6.07 Å². The molecule has 7 heteroatoms. The van der Waals surface area contributed by atoms with Crippen molar-refractivity contribution in [2.45, 2.75) is 58.0 Å². The van der Waals surface area contributed by atoms with Gasteiger partial charge in [-0.25, -0.2) is 4.68 Å². The van der Waals surface area contributed by atoms with E-state index in [1.54, 1.807) is 23.7 Å². The number of carbonyl (C=O) groups excluding carboxylic acids is 1. The van der Waals surface area contributed by atoms with Crippen LogP contribution in [0.25, 0.3) is 0 Å². The third-order valence-electron chi connectivity index (χ3n) is 4.82. The van der Waals surface area contributed by atoms with Crippen LogP contribution >= 0.6 is 34.8 Å². The molecular formula is C19H22Cl3N3O. The summed E-state index contributed by atoms with van der Waals surface area (Å²) in [4.78, 5) is 12.8. The van der Waals surface area contributed by atoms with Crippen LogP contribution in [0.15, 0.2) is 18.2 Å². The van der Waals surface area contributed by atoms with Crippen molar-refractivity contribution in [3.63, 3.8) is 0 Å². The van der Waals surface area contributed by atoms with E-state index >= 15 is 0 Å². The summed E-state index contributed by atoms with van der Waals surface area (Å²) in [5, 5.41) is 9.02. The average molecular weight is 415 g/mol. The lowest BCUT2D eigenvalue weighted by Crippen LogP contribution is -2.34. The summed E-state index contributed by atoms with van der Waals surface area (Å²) in [5.41, 5.74) is 1.91. The predicted molar refractivity (Wildman–Crippen MR) is 106 cm³/mol. The Bertz CT molecular complexity index is 796. The lowest BCUT2D eigenvalue weighted by Gasteiger charge is -2.16. The Labute approximate surface area is 168 Å². The zero-order chi connectivity index (χ0) is 18.7. The first-order valence-electron chi connectivity index (χ1n) is 8.93. The molecule has 140 valence electrons. The van der Waals surface area contributed by atoms with Gasteiger partial charge in [-0.3, -0.25) is 4.79 Å². The average Bonchev–Trinajstić information content (AvgIpc) is 2.76. The Morgan fingerprint density at radius 3 is 2.54 bits per heavy atom. The van der Waals surface area contributed by atoms with E-state index in [1.165, 1.54) is 12.8 Å². The second-order valence-electron chi connectivity index (χ2n) is 6.81. The molecular weight excluding hydrogens is 393 g/mol. The molecule has 1 amide bonds. The number of aryl methyl sites for hydroxylation is 1. The second kappa shape index (κ2) is 8.64. The van der Waals surface area contributed by atoms with Crippen molar-refractivity contribution in [1.29, 1.82) is 0 Å². The van der Waals surface area contributed by atoms with Gasteiger partial charge in [-0.15, -0.1) is 0 Å². The van der Waals surface area contributed by atoms with Gasteiger partial charge in [0.15, 0.2) is 0 Å². The Morgan fingerprint density at radius 2 is 1.88 bits per heavy atom. The van der Waals surface area contributed by atoms with E-state index in [2.05, 4.69) is 10.4 Å². The monoisotopic (exact) mass is 413 g/mol. The fourth-order valence-corrected chi connectivity index (χ4v) is 4.20. The Hall–Kier alpha value is -1.23. The van der Waals surface area contributed by atoms with Gasteiger partial charge in [0.2, 0.25) is 0 Å². The van der Waals surface area contributed by atoms with Gasteiger partial charge in [-0.2, -0.15) is 5.10 Å².